The van der Waals surface area contributed by atoms with Gasteiger partial charge in [-0.15, -0.1) is 0 Å². The fourth-order valence-corrected chi connectivity index (χ4v) is 1.89. The van der Waals surface area contributed by atoms with E-state index in [4.69, 9.17) is 4.74 Å². The lowest BCUT2D eigenvalue weighted by atomic mass is 10.1. The third-order valence-electron chi connectivity index (χ3n) is 2.72. The zero-order valence-electron chi connectivity index (χ0n) is 11.2. The Hall–Kier alpha value is -0.930. The summed E-state index contributed by atoms with van der Waals surface area (Å²) in [5, 5.41) is 3.45. The molecule has 0 aliphatic heterocycles. The number of ether oxygens (including phenoxy) is 1. The average molecular weight is 236 g/mol. The number of nitrogens with one attached hydrogen (secondary N) is 1. The molecule has 1 aromatic rings. The van der Waals surface area contributed by atoms with Gasteiger partial charge >= 0.3 is 0 Å². The second kappa shape index (κ2) is 8.20. The monoisotopic (exact) mass is 236 g/mol. The number of aromatic nitrogens is 1. The van der Waals surface area contributed by atoms with Crippen molar-refractivity contribution in [2.75, 3.05) is 19.8 Å². The van der Waals surface area contributed by atoms with Crippen LogP contribution in [0.2, 0.25) is 0 Å². The zero-order valence-corrected chi connectivity index (χ0v) is 11.2. The number of aryl methyl sites for hydroxylation is 1. The van der Waals surface area contributed by atoms with Crippen LogP contribution in [0.4, 0.5) is 0 Å². The number of nitrogens with zero attached hydrogens (tertiary/aromatic N) is 1. The Kier molecular flexibility index (Phi) is 6.82. The third-order valence-corrected chi connectivity index (χ3v) is 2.72. The van der Waals surface area contributed by atoms with Crippen LogP contribution in [0.1, 0.15) is 44.5 Å². The van der Waals surface area contributed by atoms with Crippen LogP contribution in [0.15, 0.2) is 18.3 Å². The molecule has 0 amide bonds. The first kappa shape index (κ1) is 14.1. The lowest BCUT2D eigenvalue weighted by Gasteiger charge is -2.19. The summed E-state index contributed by atoms with van der Waals surface area (Å²) in [4.78, 5) is 4.50. The van der Waals surface area contributed by atoms with Gasteiger partial charge in [0.1, 0.15) is 0 Å². The summed E-state index contributed by atoms with van der Waals surface area (Å²) in [5.74, 6) is 0. The normalized spacial score (nSPS) is 12.6. The summed E-state index contributed by atoms with van der Waals surface area (Å²) in [6.45, 7) is 8.85. The van der Waals surface area contributed by atoms with Gasteiger partial charge in [-0.2, -0.15) is 0 Å². The van der Waals surface area contributed by atoms with Crippen LogP contribution in [0.25, 0.3) is 0 Å². The molecule has 1 atom stereocenters. The predicted molar refractivity (Wildman–Crippen MR) is 71.1 cm³/mol. The van der Waals surface area contributed by atoms with Crippen LogP contribution < -0.4 is 5.32 Å². The van der Waals surface area contributed by atoms with Gasteiger partial charge in [0.25, 0.3) is 0 Å². The SMILES string of the molecule is CCCOCC(NCC)c1ncccc1CC. The van der Waals surface area contributed by atoms with Crippen molar-refractivity contribution in [3.05, 3.63) is 29.6 Å². The Labute approximate surface area is 105 Å². The molecule has 3 nitrogen and oxygen atoms in total. The third kappa shape index (κ3) is 4.44. The fourth-order valence-electron chi connectivity index (χ4n) is 1.89. The molecular weight excluding hydrogens is 212 g/mol. The van der Waals surface area contributed by atoms with E-state index in [-0.39, 0.29) is 6.04 Å². The molecule has 0 saturated carbocycles. The minimum absolute atomic E-state index is 0.211. The van der Waals surface area contributed by atoms with E-state index in [0.717, 1.165) is 31.7 Å². The van der Waals surface area contributed by atoms with Gasteiger partial charge < -0.3 is 10.1 Å². The van der Waals surface area contributed by atoms with Crippen LogP contribution in [-0.2, 0) is 11.2 Å². The van der Waals surface area contributed by atoms with E-state index in [1.54, 1.807) is 0 Å². The van der Waals surface area contributed by atoms with Crippen molar-refractivity contribution in [2.24, 2.45) is 0 Å². The first-order valence-electron chi connectivity index (χ1n) is 6.58. The molecule has 0 aliphatic carbocycles. The molecule has 0 fully saturated rings. The summed E-state index contributed by atoms with van der Waals surface area (Å²) in [7, 11) is 0. The second-order valence-corrected chi connectivity index (χ2v) is 4.09. The van der Waals surface area contributed by atoms with Gasteiger partial charge in [0, 0.05) is 12.8 Å². The molecule has 0 radical (unpaired) electrons. The smallest absolute Gasteiger partial charge is 0.0735 e. The Morgan fingerprint density at radius 3 is 2.82 bits per heavy atom. The van der Waals surface area contributed by atoms with Crippen molar-refractivity contribution in [3.63, 3.8) is 0 Å². The topological polar surface area (TPSA) is 34.1 Å². The van der Waals surface area contributed by atoms with E-state index in [0.29, 0.717) is 6.61 Å². The van der Waals surface area contributed by atoms with E-state index in [2.05, 4.69) is 37.1 Å². The van der Waals surface area contributed by atoms with Crippen molar-refractivity contribution < 1.29 is 4.74 Å². The fraction of sp³-hybridized carbons (Fsp3) is 0.643. The number of hydrogen-bond acceptors (Lipinski definition) is 3. The van der Waals surface area contributed by atoms with Gasteiger partial charge in [-0.1, -0.05) is 26.8 Å². The maximum atomic E-state index is 5.65. The molecule has 0 bridgehead atoms. The van der Waals surface area contributed by atoms with E-state index < -0.39 is 0 Å². The summed E-state index contributed by atoms with van der Waals surface area (Å²) in [5.41, 5.74) is 2.44. The molecule has 1 aromatic heterocycles. The number of rotatable bonds is 8. The number of pyridine rings is 1. The Morgan fingerprint density at radius 2 is 2.18 bits per heavy atom. The van der Waals surface area contributed by atoms with Crippen molar-refractivity contribution >= 4 is 0 Å². The predicted octanol–water partition coefficient (Wildman–Crippen LogP) is 2.72. The van der Waals surface area contributed by atoms with Gasteiger partial charge in [-0.3, -0.25) is 4.98 Å². The number of likely N-dealkylation sites (N-methyl/N-ethyl adjacent to an activating group) is 1. The first-order chi connectivity index (χ1) is 8.33. The van der Waals surface area contributed by atoms with Crippen molar-refractivity contribution in [2.45, 2.75) is 39.7 Å². The summed E-state index contributed by atoms with van der Waals surface area (Å²) >= 11 is 0. The lowest BCUT2D eigenvalue weighted by Crippen LogP contribution is -2.27. The largest absolute Gasteiger partial charge is 0.379 e. The Balaban J connectivity index is 2.73. The molecule has 1 unspecified atom stereocenters. The molecule has 0 aromatic carbocycles. The van der Waals surface area contributed by atoms with E-state index in [1.165, 1.54) is 5.56 Å². The Morgan fingerprint density at radius 1 is 1.35 bits per heavy atom. The standard InChI is InChI=1S/C14H24N2O/c1-4-10-17-11-13(15-6-3)14-12(5-2)8-7-9-16-14/h7-9,13,15H,4-6,10-11H2,1-3H3. The van der Waals surface area contributed by atoms with Gasteiger partial charge in [0.05, 0.1) is 18.3 Å². The minimum Gasteiger partial charge on any atom is -0.379 e. The average Bonchev–Trinajstić information content (AvgIpc) is 2.38. The molecule has 3 heteroatoms. The highest BCUT2D eigenvalue weighted by Crippen LogP contribution is 2.16. The van der Waals surface area contributed by atoms with E-state index in [9.17, 15) is 0 Å². The van der Waals surface area contributed by atoms with E-state index in [1.807, 2.05) is 12.3 Å². The van der Waals surface area contributed by atoms with Crippen molar-refractivity contribution in [1.82, 2.24) is 10.3 Å². The molecular formula is C14H24N2O. The van der Waals surface area contributed by atoms with E-state index >= 15 is 0 Å². The van der Waals surface area contributed by atoms with Gasteiger partial charge in [0.15, 0.2) is 0 Å². The molecule has 0 spiro atoms. The summed E-state index contributed by atoms with van der Waals surface area (Å²) in [6, 6.07) is 4.35. The second-order valence-electron chi connectivity index (χ2n) is 4.09. The van der Waals surface area contributed by atoms with Crippen LogP contribution in [0.5, 0.6) is 0 Å². The molecule has 96 valence electrons. The van der Waals surface area contributed by atoms with Gasteiger partial charge in [-0.05, 0) is 31.0 Å². The maximum absolute atomic E-state index is 5.65. The summed E-state index contributed by atoms with van der Waals surface area (Å²) < 4.78 is 5.65. The molecule has 1 heterocycles. The minimum atomic E-state index is 0.211. The first-order valence-corrected chi connectivity index (χ1v) is 6.58. The van der Waals surface area contributed by atoms with Crippen molar-refractivity contribution in [3.8, 4) is 0 Å². The molecule has 1 rings (SSSR count). The number of hydrogen-bond donors (Lipinski definition) is 1. The lowest BCUT2D eigenvalue weighted by molar-refractivity contribution is 0.111. The van der Waals surface area contributed by atoms with Crippen LogP contribution >= 0.6 is 0 Å². The van der Waals surface area contributed by atoms with Gasteiger partial charge in [0.2, 0.25) is 0 Å². The highest BCUT2D eigenvalue weighted by molar-refractivity contribution is 5.22. The van der Waals surface area contributed by atoms with Crippen molar-refractivity contribution in [1.29, 1.82) is 0 Å². The maximum Gasteiger partial charge on any atom is 0.0735 e. The Bertz CT molecular complexity index is 315. The zero-order chi connectivity index (χ0) is 12.5. The quantitative estimate of drug-likeness (QED) is 0.705. The van der Waals surface area contributed by atoms with Crippen LogP contribution in [0.3, 0.4) is 0 Å². The van der Waals surface area contributed by atoms with Gasteiger partial charge in [-0.25, -0.2) is 0 Å². The molecule has 0 aliphatic rings. The molecule has 1 N–H and O–H groups in total. The molecule has 17 heavy (non-hydrogen) atoms. The highest BCUT2D eigenvalue weighted by Gasteiger charge is 2.14. The van der Waals surface area contributed by atoms with Crippen LogP contribution in [-0.4, -0.2) is 24.7 Å². The highest BCUT2D eigenvalue weighted by atomic mass is 16.5. The summed E-state index contributed by atoms with van der Waals surface area (Å²) in [6.07, 6.45) is 3.93. The van der Waals surface area contributed by atoms with Crippen LogP contribution in [0, 0.1) is 0 Å². The molecule has 0 saturated heterocycles.